The number of rotatable bonds is 12. The van der Waals surface area contributed by atoms with Gasteiger partial charge in [-0.1, -0.05) is 0 Å². The quantitative estimate of drug-likeness (QED) is 0.136. The van der Waals surface area contributed by atoms with Gasteiger partial charge in [-0.2, -0.15) is 0 Å². The van der Waals surface area contributed by atoms with Crippen LogP contribution in [0.3, 0.4) is 0 Å². The molecular weight excluding hydrogens is 574 g/mol. The molecule has 2 unspecified atom stereocenters. The van der Waals surface area contributed by atoms with Gasteiger partial charge < -0.3 is 28.7 Å². The summed E-state index contributed by atoms with van der Waals surface area (Å²) in [5.74, 6) is -0.783. The van der Waals surface area contributed by atoms with E-state index in [1.165, 1.54) is 0 Å². The van der Waals surface area contributed by atoms with Crippen LogP contribution in [0.25, 0.3) is 0 Å². The number of piperazine rings is 2. The molecule has 0 aromatic heterocycles. The first kappa shape index (κ1) is 35.3. The van der Waals surface area contributed by atoms with Crippen molar-refractivity contribution in [2.75, 3.05) is 91.8 Å². The molecule has 0 aliphatic carbocycles. The smallest absolute Gasteiger partial charge is 0.414 e. The van der Waals surface area contributed by atoms with Gasteiger partial charge in [0.25, 0.3) is 0 Å². The molecule has 15 heteroatoms. The van der Waals surface area contributed by atoms with Crippen LogP contribution in [0.4, 0.5) is 9.59 Å². The summed E-state index contributed by atoms with van der Waals surface area (Å²) in [5.41, 5.74) is -0.621. The topological polar surface area (TPSA) is 157 Å². The number of nitrogens with one attached hydrogen (secondary N) is 2. The highest BCUT2D eigenvalue weighted by Gasteiger charge is 2.36. The van der Waals surface area contributed by atoms with Gasteiger partial charge in [0.1, 0.15) is 17.7 Å². The van der Waals surface area contributed by atoms with Crippen molar-refractivity contribution >= 4 is 30.1 Å². The van der Waals surface area contributed by atoms with Crippen LogP contribution in [0.5, 0.6) is 0 Å². The van der Waals surface area contributed by atoms with Crippen molar-refractivity contribution < 1.29 is 38.1 Å². The maximum Gasteiger partial charge on any atom is 0.414 e. The second kappa shape index (κ2) is 16.8. The molecule has 44 heavy (non-hydrogen) atoms. The predicted molar refractivity (Wildman–Crippen MR) is 161 cm³/mol. The minimum Gasteiger partial charge on any atom is -0.466 e. The van der Waals surface area contributed by atoms with Crippen LogP contribution in [0.15, 0.2) is 0 Å². The number of alkyl carbamates (subject to hydrolysis) is 1. The Morgan fingerprint density at radius 3 is 2.20 bits per heavy atom. The number of carbonyl (C=O) groups excluding carboxylic acids is 4. The maximum absolute atomic E-state index is 12.5. The van der Waals surface area contributed by atoms with E-state index in [1.54, 1.807) is 39.5 Å². The molecule has 0 aromatic carbocycles. The van der Waals surface area contributed by atoms with Crippen LogP contribution >= 0.6 is 0 Å². The number of hydrogen-bond donors (Lipinski definition) is 2. The molecule has 15 nitrogen and oxygen atoms in total. The molecule has 3 fully saturated rings. The highest BCUT2D eigenvalue weighted by molar-refractivity contribution is 5.92. The van der Waals surface area contributed by atoms with Crippen LogP contribution in [0.2, 0.25) is 0 Å². The Hall–Kier alpha value is -3.17. The van der Waals surface area contributed by atoms with Gasteiger partial charge in [0.2, 0.25) is 5.96 Å². The Morgan fingerprint density at radius 1 is 0.955 bits per heavy atom. The standard InChI is InChI=1S/C29H51N7O8/c1-6-41-24(37)19-23(25(38)42-7-2)34-15-13-33(14-16-34)20-22-21-36(28(40)43-22)10-8-9-32-11-17-35(18-12-32)26(30)31-27(39)44-29(3,4)5/h22-23H,6-21H2,1-5H3,(H2,30,31,39). The summed E-state index contributed by atoms with van der Waals surface area (Å²) in [6.45, 7) is 17.2. The molecule has 3 rings (SSSR count). The largest absolute Gasteiger partial charge is 0.466 e. The molecular formula is C29H51N7O8. The number of esters is 2. The van der Waals surface area contributed by atoms with Crippen molar-refractivity contribution in [2.24, 2.45) is 0 Å². The highest BCUT2D eigenvalue weighted by atomic mass is 16.6. The Labute approximate surface area is 260 Å². The molecule has 0 aromatic rings. The first-order chi connectivity index (χ1) is 20.9. The van der Waals surface area contributed by atoms with E-state index in [2.05, 4.69) is 15.1 Å². The first-order valence-electron chi connectivity index (χ1n) is 15.7. The van der Waals surface area contributed by atoms with Gasteiger partial charge in [-0.25, -0.2) is 9.59 Å². The van der Waals surface area contributed by atoms with Gasteiger partial charge in [-0.05, 0) is 47.6 Å². The molecule has 250 valence electrons. The van der Waals surface area contributed by atoms with Crippen molar-refractivity contribution in [1.82, 2.24) is 29.8 Å². The molecule has 3 saturated heterocycles. The van der Waals surface area contributed by atoms with E-state index in [0.717, 1.165) is 26.1 Å². The van der Waals surface area contributed by atoms with E-state index < -0.39 is 29.7 Å². The second-order valence-electron chi connectivity index (χ2n) is 12.2. The third-order valence-electron chi connectivity index (χ3n) is 7.69. The fraction of sp³-hybridized carbons (Fsp3) is 0.828. The summed E-state index contributed by atoms with van der Waals surface area (Å²) >= 11 is 0. The lowest BCUT2D eigenvalue weighted by atomic mass is 10.1. The number of ether oxygens (including phenoxy) is 4. The molecule has 2 amide bonds. The normalized spacial score (nSPS) is 21.0. The summed E-state index contributed by atoms with van der Waals surface area (Å²) in [4.78, 5) is 59.2. The Balaban J connectivity index is 1.33. The monoisotopic (exact) mass is 625 g/mol. The van der Waals surface area contributed by atoms with Gasteiger partial charge in [0.15, 0.2) is 0 Å². The Morgan fingerprint density at radius 2 is 1.59 bits per heavy atom. The van der Waals surface area contributed by atoms with Crippen LogP contribution in [0.1, 0.15) is 47.5 Å². The zero-order chi connectivity index (χ0) is 32.3. The Bertz CT molecular complexity index is 991. The van der Waals surface area contributed by atoms with Crippen molar-refractivity contribution in [1.29, 1.82) is 5.41 Å². The fourth-order valence-corrected chi connectivity index (χ4v) is 5.54. The van der Waals surface area contributed by atoms with Crippen LogP contribution < -0.4 is 5.32 Å². The van der Waals surface area contributed by atoms with Crippen molar-refractivity contribution in [3.8, 4) is 0 Å². The van der Waals surface area contributed by atoms with E-state index in [9.17, 15) is 19.2 Å². The molecule has 2 atom stereocenters. The maximum atomic E-state index is 12.5. The van der Waals surface area contributed by atoms with Crippen LogP contribution in [-0.4, -0.2) is 164 Å². The number of amides is 2. The molecule has 0 spiro atoms. The number of guanidine groups is 1. The van der Waals surface area contributed by atoms with Crippen molar-refractivity contribution in [3.63, 3.8) is 0 Å². The third-order valence-corrected chi connectivity index (χ3v) is 7.69. The van der Waals surface area contributed by atoms with E-state index in [1.807, 2.05) is 9.80 Å². The zero-order valence-electron chi connectivity index (χ0n) is 27.0. The molecule has 0 saturated carbocycles. The van der Waals surface area contributed by atoms with E-state index >= 15 is 0 Å². The summed E-state index contributed by atoms with van der Waals surface area (Å²) < 4.78 is 21.1. The molecule has 2 N–H and O–H groups in total. The fourth-order valence-electron chi connectivity index (χ4n) is 5.54. The third kappa shape index (κ3) is 11.4. The lowest BCUT2D eigenvalue weighted by molar-refractivity contribution is -0.157. The molecule has 0 bridgehead atoms. The summed E-state index contributed by atoms with van der Waals surface area (Å²) in [5, 5.41) is 10.7. The van der Waals surface area contributed by atoms with Gasteiger partial charge >= 0.3 is 24.1 Å². The van der Waals surface area contributed by atoms with E-state index in [4.69, 9.17) is 24.4 Å². The molecule has 3 heterocycles. The molecule has 3 aliphatic rings. The lowest BCUT2D eigenvalue weighted by Crippen LogP contribution is -2.54. The number of carbonyl (C=O) groups is 4. The molecule has 0 radical (unpaired) electrons. The van der Waals surface area contributed by atoms with Gasteiger partial charge in [-0.15, -0.1) is 0 Å². The summed E-state index contributed by atoms with van der Waals surface area (Å²) in [7, 11) is 0. The van der Waals surface area contributed by atoms with Gasteiger partial charge in [0, 0.05) is 65.4 Å². The van der Waals surface area contributed by atoms with Crippen molar-refractivity contribution in [3.05, 3.63) is 0 Å². The number of hydrogen-bond acceptors (Lipinski definition) is 12. The Kier molecular flexibility index (Phi) is 13.5. The van der Waals surface area contributed by atoms with Crippen molar-refractivity contribution in [2.45, 2.75) is 65.2 Å². The van der Waals surface area contributed by atoms with Crippen LogP contribution in [0, 0.1) is 5.41 Å². The van der Waals surface area contributed by atoms with Crippen LogP contribution in [-0.2, 0) is 28.5 Å². The first-order valence-corrected chi connectivity index (χ1v) is 15.7. The number of nitrogens with zero attached hydrogens (tertiary/aromatic N) is 5. The average molecular weight is 626 g/mol. The minimum absolute atomic E-state index is 0.0351. The lowest BCUT2D eigenvalue weighted by Gasteiger charge is -2.38. The highest BCUT2D eigenvalue weighted by Crippen LogP contribution is 2.17. The van der Waals surface area contributed by atoms with Gasteiger partial charge in [-0.3, -0.25) is 35.0 Å². The summed E-state index contributed by atoms with van der Waals surface area (Å²) in [6.07, 6.45) is -0.369. The van der Waals surface area contributed by atoms with E-state index in [0.29, 0.717) is 58.9 Å². The predicted octanol–water partition coefficient (Wildman–Crippen LogP) is 0.777. The summed E-state index contributed by atoms with van der Waals surface area (Å²) in [6, 6.07) is -0.667. The average Bonchev–Trinajstić information content (AvgIpc) is 3.30. The molecule has 3 aliphatic heterocycles. The minimum atomic E-state index is -0.667. The SMILES string of the molecule is CCOC(=O)CC(C(=O)OCC)N1CCN(CC2CN(CCCN3CCN(C(=N)NC(=O)OC(C)(C)C)CC3)C(=O)O2)CC1. The van der Waals surface area contributed by atoms with E-state index in [-0.39, 0.29) is 37.8 Å². The van der Waals surface area contributed by atoms with Gasteiger partial charge in [0.05, 0.1) is 26.2 Å². The second-order valence-corrected chi connectivity index (χ2v) is 12.2. The number of cyclic esters (lactones) is 1. The zero-order valence-corrected chi connectivity index (χ0v) is 27.0.